The fraction of sp³-hybridized carbons (Fsp3) is 0.200. The number of rotatable bonds is 2. The van der Waals surface area contributed by atoms with Crippen molar-refractivity contribution in [1.29, 1.82) is 0 Å². The van der Waals surface area contributed by atoms with Gasteiger partial charge < -0.3 is 24.0 Å². The molecule has 0 N–H and O–H groups in total. The van der Waals surface area contributed by atoms with E-state index in [0.717, 1.165) is 10.0 Å². The van der Waals surface area contributed by atoms with Crippen LogP contribution in [0.15, 0.2) is 34.7 Å². The van der Waals surface area contributed by atoms with Gasteiger partial charge in [0.05, 0.1) is 0 Å². The second kappa shape index (κ2) is 5.81. The Hall–Kier alpha value is -0.140. The first-order valence-electron chi connectivity index (χ1n) is 4.30. The van der Waals surface area contributed by atoms with E-state index in [1.807, 2.05) is 29.1 Å². The largest absolute Gasteiger partial charge is 1.00 e. The number of benzene rings is 1. The number of para-hydroxylation sites is 1. The van der Waals surface area contributed by atoms with Crippen LogP contribution in [0, 0.1) is 6.92 Å². The van der Waals surface area contributed by atoms with Gasteiger partial charge in [-0.05, 0) is 22.3 Å². The summed E-state index contributed by atoms with van der Waals surface area (Å²) in [6, 6.07) is 10.2. The molecule has 1 heterocycles. The summed E-state index contributed by atoms with van der Waals surface area (Å²) in [6.45, 7) is 2.09. The van der Waals surface area contributed by atoms with Crippen molar-refractivity contribution in [3.63, 3.8) is 0 Å². The molecular weight excluding hydrogens is 339 g/mol. The van der Waals surface area contributed by atoms with Crippen molar-refractivity contribution in [3.05, 3.63) is 35.3 Å². The van der Waals surface area contributed by atoms with Gasteiger partial charge in [-0.3, -0.25) is 0 Å². The molecular formula is C10H11IN2S2. The van der Waals surface area contributed by atoms with Crippen LogP contribution in [0.2, 0.25) is 0 Å². The van der Waals surface area contributed by atoms with Gasteiger partial charge in [-0.25, -0.2) is 0 Å². The van der Waals surface area contributed by atoms with Crippen LogP contribution >= 0.6 is 23.1 Å². The van der Waals surface area contributed by atoms with E-state index in [2.05, 4.69) is 24.2 Å². The molecule has 1 aromatic heterocycles. The van der Waals surface area contributed by atoms with Crippen molar-refractivity contribution in [2.45, 2.75) is 11.3 Å². The summed E-state index contributed by atoms with van der Waals surface area (Å²) in [7, 11) is 0. The summed E-state index contributed by atoms with van der Waals surface area (Å²) < 4.78 is 3.09. The smallest absolute Gasteiger partial charge is 0.269 e. The van der Waals surface area contributed by atoms with Gasteiger partial charge in [-0.2, -0.15) is 0 Å². The average molecular weight is 350 g/mol. The quantitative estimate of drug-likeness (QED) is 0.411. The molecule has 2 rings (SSSR count). The van der Waals surface area contributed by atoms with Crippen molar-refractivity contribution in [3.8, 4) is 5.69 Å². The highest BCUT2D eigenvalue weighted by Gasteiger charge is 2.17. The van der Waals surface area contributed by atoms with Crippen molar-refractivity contribution >= 4 is 23.1 Å². The van der Waals surface area contributed by atoms with E-state index in [0.29, 0.717) is 0 Å². The highest BCUT2D eigenvalue weighted by Crippen LogP contribution is 2.18. The molecule has 0 aliphatic heterocycles. The monoisotopic (exact) mass is 350 g/mol. The molecule has 80 valence electrons. The predicted octanol–water partition coefficient (Wildman–Crippen LogP) is -0.546. The third kappa shape index (κ3) is 2.92. The fourth-order valence-electron chi connectivity index (χ4n) is 1.23. The number of hydrogen-bond acceptors (Lipinski definition) is 3. The van der Waals surface area contributed by atoms with Crippen molar-refractivity contribution in [2.24, 2.45) is 0 Å². The van der Waals surface area contributed by atoms with Gasteiger partial charge in [0.1, 0.15) is 0 Å². The second-order valence-corrected chi connectivity index (χ2v) is 5.07. The molecule has 0 aliphatic rings. The van der Waals surface area contributed by atoms with Crippen molar-refractivity contribution in [2.75, 3.05) is 6.26 Å². The lowest BCUT2D eigenvalue weighted by atomic mass is 10.3. The van der Waals surface area contributed by atoms with Crippen LogP contribution in [0.4, 0.5) is 0 Å². The van der Waals surface area contributed by atoms with E-state index in [-0.39, 0.29) is 24.0 Å². The molecule has 1 aromatic carbocycles. The normalized spacial score (nSPS) is 9.73. The zero-order valence-electron chi connectivity index (χ0n) is 8.48. The Morgan fingerprint density at radius 1 is 1.27 bits per heavy atom. The van der Waals surface area contributed by atoms with Gasteiger partial charge in [-0.1, -0.05) is 30.0 Å². The third-order valence-corrected chi connectivity index (χ3v) is 3.80. The maximum atomic E-state index is 4.50. The van der Waals surface area contributed by atoms with E-state index < -0.39 is 0 Å². The number of aryl methyl sites for hydroxylation is 1. The van der Waals surface area contributed by atoms with Gasteiger partial charge in [0.15, 0.2) is 0 Å². The predicted molar refractivity (Wildman–Crippen MR) is 60.2 cm³/mol. The summed E-state index contributed by atoms with van der Waals surface area (Å²) >= 11 is 3.41. The van der Waals surface area contributed by atoms with Crippen molar-refractivity contribution in [1.82, 2.24) is 5.10 Å². The van der Waals surface area contributed by atoms with Gasteiger partial charge >= 0.3 is 0 Å². The van der Waals surface area contributed by atoms with E-state index in [1.165, 1.54) is 5.01 Å². The number of thioether (sulfide) groups is 1. The van der Waals surface area contributed by atoms with Crippen molar-refractivity contribution < 1.29 is 28.7 Å². The first-order chi connectivity index (χ1) is 6.81. The van der Waals surface area contributed by atoms with Crippen LogP contribution in [0.1, 0.15) is 5.01 Å². The van der Waals surface area contributed by atoms with Gasteiger partial charge in [-0.15, -0.1) is 0 Å². The summed E-state index contributed by atoms with van der Waals surface area (Å²) in [5, 5.41) is 5.71. The van der Waals surface area contributed by atoms with E-state index in [4.69, 9.17) is 0 Å². The van der Waals surface area contributed by atoms with Crippen LogP contribution in [0.5, 0.6) is 0 Å². The van der Waals surface area contributed by atoms with E-state index >= 15 is 0 Å². The second-order valence-electron chi connectivity index (χ2n) is 2.84. The van der Waals surface area contributed by atoms with Crippen LogP contribution in [-0.2, 0) is 0 Å². The Kier molecular flexibility index (Phi) is 5.01. The Bertz CT molecular complexity index is 428. The summed E-state index contributed by atoms with van der Waals surface area (Å²) in [4.78, 5) is 0. The van der Waals surface area contributed by atoms with E-state index in [1.54, 1.807) is 23.1 Å². The zero-order valence-corrected chi connectivity index (χ0v) is 12.3. The highest BCUT2D eigenvalue weighted by molar-refractivity contribution is 8.00. The maximum absolute atomic E-state index is 4.50. The molecule has 2 nitrogen and oxygen atoms in total. The lowest BCUT2D eigenvalue weighted by molar-refractivity contribution is -0.662. The topological polar surface area (TPSA) is 16.8 Å². The molecule has 0 atom stereocenters. The fourth-order valence-corrected chi connectivity index (χ4v) is 2.70. The molecule has 0 bridgehead atoms. The molecule has 0 saturated heterocycles. The van der Waals surface area contributed by atoms with Crippen LogP contribution in [-0.4, -0.2) is 11.4 Å². The molecule has 0 fully saturated rings. The standard InChI is InChI=1S/C10H11N2S2.HI/c1-8-12(11-10(13-2)14-8)9-6-4-3-5-7-9;/h3-7H,1-2H3;1H/q+1;/p-1. The Morgan fingerprint density at radius 3 is 2.47 bits per heavy atom. The van der Waals surface area contributed by atoms with Gasteiger partial charge in [0.25, 0.3) is 5.01 Å². The molecule has 0 radical (unpaired) electrons. The molecule has 0 spiro atoms. The van der Waals surface area contributed by atoms with Gasteiger partial charge in [0.2, 0.25) is 10.0 Å². The number of nitrogens with zero attached hydrogens (tertiary/aromatic N) is 2. The molecule has 15 heavy (non-hydrogen) atoms. The maximum Gasteiger partial charge on any atom is 0.269 e. The lowest BCUT2D eigenvalue weighted by Gasteiger charge is -1.88. The highest BCUT2D eigenvalue weighted by atomic mass is 127. The van der Waals surface area contributed by atoms with Crippen LogP contribution in [0.25, 0.3) is 5.69 Å². The number of aromatic nitrogens is 2. The number of hydrogen-bond donors (Lipinski definition) is 0. The van der Waals surface area contributed by atoms with E-state index in [9.17, 15) is 0 Å². The summed E-state index contributed by atoms with van der Waals surface area (Å²) in [5.41, 5.74) is 1.13. The SMILES string of the molecule is CSc1n[n+](-c2ccccc2)c(C)s1.[I-]. The van der Waals surface area contributed by atoms with Crippen LogP contribution in [0.3, 0.4) is 0 Å². The molecule has 0 aliphatic carbocycles. The first kappa shape index (κ1) is 12.9. The average Bonchev–Trinajstić information content (AvgIpc) is 2.61. The lowest BCUT2D eigenvalue weighted by Crippen LogP contribution is -3.00. The Balaban J connectivity index is 0.00000112. The minimum Gasteiger partial charge on any atom is -1.00 e. The number of halogens is 1. The Labute approximate surface area is 115 Å². The first-order valence-corrected chi connectivity index (χ1v) is 6.34. The minimum absolute atomic E-state index is 0. The minimum atomic E-state index is 0. The molecule has 0 saturated carbocycles. The summed E-state index contributed by atoms with van der Waals surface area (Å²) in [5.74, 6) is 0. The van der Waals surface area contributed by atoms with Crippen LogP contribution < -0.4 is 28.7 Å². The third-order valence-electron chi connectivity index (χ3n) is 1.89. The molecule has 5 heteroatoms. The summed E-state index contributed by atoms with van der Waals surface area (Å²) in [6.07, 6.45) is 2.05. The zero-order chi connectivity index (χ0) is 9.97. The molecule has 0 amide bonds. The Morgan fingerprint density at radius 2 is 1.93 bits per heavy atom. The molecule has 0 unspecified atom stereocenters. The molecule has 2 aromatic rings. The van der Waals surface area contributed by atoms with Gasteiger partial charge in [0, 0.05) is 24.2 Å².